The molecule has 0 aliphatic rings. The highest BCUT2D eigenvalue weighted by Crippen LogP contribution is 2.16. The minimum atomic E-state index is -0.847. The molecule has 1 aromatic rings. The number of benzene rings is 1. The molecule has 0 saturated heterocycles. The van der Waals surface area contributed by atoms with Gasteiger partial charge >= 0.3 is 0 Å². The number of carbonyl (C=O) groups excluding carboxylic acids is 1. The number of rotatable bonds is 1. The summed E-state index contributed by atoms with van der Waals surface area (Å²) in [6.07, 6.45) is 0.643. The minimum absolute atomic E-state index is 0.0353. The van der Waals surface area contributed by atoms with E-state index in [-0.39, 0.29) is 12.0 Å². The van der Waals surface area contributed by atoms with Crippen LogP contribution in [0.15, 0.2) is 12.1 Å². The van der Waals surface area contributed by atoms with Crippen molar-refractivity contribution >= 4 is 12.0 Å². The topological polar surface area (TPSA) is 43.1 Å². The molecule has 1 rings (SSSR count). The third-order valence-electron chi connectivity index (χ3n) is 1.50. The molecule has 4 heteroatoms. The van der Waals surface area contributed by atoms with Gasteiger partial charge < -0.3 is 10.5 Å². The standard InChI is InChI=1S/C10H7F2NO/c11-8-5-7(3-1-2-4-14)6-9(12)10(8)13/h4-6H,2,13H2. The Morgan fingerprint density at radius 1 is 1.36 bits per heavy atom. The average Bonchev–Trinajstić information content (AvgIpc) is 2.14. The number of halogens is 2. The number of aldehydes is 1. The van der Waals surface area contributed by atoms with Gasteiger partial charge in [0.05, 0.1) is 6.42 Å². The zero-order valence-electron chi connectivity index (χ0n) is 7.18. The lowest BCUT2D eigenvalue weighted by Gasteiger charge is -1.98. The van der Waals surface area contributed by atoms with Crippen LogP contribution in [0.5, 0.6) is 0 Å². The Labute approximate surface area is 79.7 Å². The fourth-order valence-electron chi connectivity index (χ4n) is 0.851. The SMILES string of the molecule is Nc1c(F)cc(C#CCC=O)cc1F. The fourth-order valence-corrected chi connectivity index (χ4v) is 0.851. The van der Waals surface area contributed by atoms with Crippen LogP contribution < -0.4 is 5.73 Å². The summed E-state index contributed by atoms with van der Waals surface area (Å²) in [6, 6.07) is 2.05. The molecule has 0 atom stereocenters. The van der Waals surface area contributed by atoms with E-state index in [0.717, 1.165) is 12.1 Å². The van der Waals surface area contributed by atoms with Gasteiger partial charge in [-0.25, -0.2) is 8.78 Å². The third kappa shape index (κ3) is 2.30. The van der Waals surface area contributed by atoms with Gasteiger partial charge in [-0.15, -0.1) is 0 Å². The molecule has 0 amide bonds. The summed E-state index contributed by atoms with van der Waals surface area (Å²) in [4.78, 5) is 9.91. The number of nitrogens with two attached hydrogens (primary N) is 1. The number of hydrogen-bond acceptors (Lipinski definition) is 2. The van der Waals surface area contributed by atoms with Gasteiger partial charge in [-0.1, -0.05) is 11.8 Å². The van der Waals surface area contributed by atoms with Crippen molar-refractivity contribution < 1.29 is 13.6 Å². The predicted molar refractivity (Wildman–Crippen MR) is 48.3 cm³/mol. The van der Waals surface area contributed by atoms with E-state index in [1.54, 1.807) is 0 Å². The number of hydrogen-bond donors (Lipinski definition) is 1. The van der Waals surface area contributed by atoms with Crippen LogP contribution in [0.2, 0.25) is 0 Å². The minimum Gasteiger partial charge on any atom is -0.394 e. The van der Waals surface area contributed by atoms with E-state index >= 15 is 0 Å². The van der Waals surface area contributed by atoms with Crippen molar-refractivity contribution in [3.05, 3.63) is 29.3 Å². The summed E-state index contributed by atoms with van der Waals surface area (Å²) in [6.45, 7) is 0. The van der Waals surface area contributed by atoms with Crippen LogP contribution >= 0.6 is 0 Å². The van der Waals surface area contributed by atoms with Gasteiger partial charge in [0.1, 0.15) is 23.6 Å². The summed E-state index contributed by atoms with van der Waals surface area (Å²) in [5.74, 6) is 3.18. The molecule has 0 spiro atoms. The average molecular weight is 195 g/mol. The van der Waals surface area contributed by atoms with Crippen molar-refractivity contribution in [3.8, 4) is 11.8 Å². The maximum atomic E-state index is 12.8. The van der Waals surface area contributed by atoms with Crippen LogP contribution in [-0.4, -0.2) is 6.29 Å². The molecule has 0 fully saturated rings. The molecular formula is C10H7F2NO. The molecule has 1 aromatic carbocycles. The van der Waals surface area contributed by atoms with E-state index < -0.39 is 17.3 Å². The van der Waals surface area contributed by atoms with E-state index in [2.05, 4.69) is 11.8 Å². The van der Waals surface area contributed by atoms with E-state index in [4.69, 9.17) is 5.73 Å². The zero-order chi connectivity index (χ0) is 10.6. The summed E-state index contributed by atoms with van der Waals surface area (Å²) < 4.78 is 25.7. The first-order valence-electron chi connectivity index (χ1n) is 3.82. The van der Waals surface area contributed by atoms with E-state index in [0.29, 0.717) is 6.29 Å². The van der Waals surface area contributed by atoms with Crippen molar-refractivity contribution in [2.45, 2.75) is 6.42 Å². The lowest BCUT2D eigenvalue weighted by atomic mass is 10.2. The lowest BCUT2D eigenvalue weighted by molar-refractivity contribution is -0.107. The fraction of sp³-hybridized carbons (Fsp3) is 0.100. The molecule has 2 nitrogen and oxygen atoms in total. The van der Waals surface area contributed by atoms with Crippen molar-refractivity contribution in [2.75, 3.05) is 5.73 Å². The molecule has 0 aliphatic heterocycles. The van der Waals surface area contributed by atoms with Gasteiger partial charge in [0.15, 0.2) is 0 Å². The number of carbonyl (C=O) groups is 1. The second-order valence-electron chi connectivity index (χ2n) is 2.53. The Kier molecular flexibility index (Phi) is 3.19. The van der Waals surface area contributed by atoms with Gasteiger partial charge in [0.25, 0.3) is 0 Å². The monoisotopic (exact) mass is 195 g/mol. The summed E-state index contributed by atoms with van der Waals surface area (Å²) in [7, 11) is 0. The Hall–Kier alpha value is -1.89. The number of anilines is 1. The molecule has 0 heterocycles. The van der Waals surface area contributed by atoms with Crippen molar-refractivity contribution in [1.82, 2.24) is 0 Å². The first-order chi connectivity index (χ1) is 6.65. The molecule has 0 unspecified atom stereocenters. The Morgan fingerprint density at radius 2 is 1.93 bits per heavy atom. The zero-order valence-corrected chi connectivity index (χ0v) is 7.18. The van der Waals surface area contributed by atoms with Crippen LogP contribution in [0, 0.1) is 23.5 Å². The molecule has 0 radical (unpaired) electrons. The van der Waals surface area contributed by atoms with Crippen LogP contribution in [-0.2, 0) is 4.79 Å². The largest absolute Gasteiger partial charge is 0.394 e. The van der Waals surface area contributed by atoms with Gasteiger partial charge in [0.2, 0.25) is 0 Å². The molecule has 14 heavy (non-hydrogen) atoms. The highest BCUT2D eigenvalue weighted by atomic mass is 19.1. The van der Waals surface area contributed by atoms with Crippen molar-refractivity contribution in [3.63, 3.8) is 0 Å². The molecule has 0 bridgehead atoms. The molecule has 72 valence electrons. The maximum absolute atomic E-state index is 12.8. The van der Waals surface area contributed by atoms with Crippen molar-refractivity contribution in [1.29, 1.82) is 0 Å². The van der Waals surface area contributed by atoms with E-state index in [1.165, 1.54) is 0 Å². The molecule has 0 aromatic heterocycles. The Morgan fingerprint density at radius 3 is 2.43 bits per heavy atom. The second-order valence-corrected chi connectivity index (χ2v) is 2.53. The van der Waals surface area contributed by atoms with Crippen molar-refractivity contribution in [2.24, 2.45) is 0 Å². The second kappa shape index (κ2) is 4.38. The maximum Gasteiger partial charge on any atom is 0.150 e. The predicted octanol–water partition coefficient (Wildman–Crippen LogP) is 1.49. The number of nitrogen functional groups attached to an aromatic ring is 1. The first-order valence-corrected chi connectivity index (χ1v) is 3.82. The van der Waals surface area contributed by atoms with Gasteiger partial charge in [-0.05, 0) is 12.1 Å². The quantitative estimate of drug-likeness (QED) is 0.419. The Balaban J connectivity index is 3.02. The summed E-state index contributed by atoms with van der Waals surface area (Å²) in [5.41, 5.74) is 4.69. The smallest absolute Gasteiger partial charge is 0.150 e. The summed E-state index contributed by atoms with van der Waals surface area (Å²) >= 11 is 0. The van der Waals surface area contributed by atoms with E-state index in [9.17, 15) is 13.6 Å². The molecule has 2 N–H and O–H groups in total. The van der Waals surface area contributed by atoms with Gasteiger partial charge in [-0.2, -0.15) is 0 Å². The highest BCUT2D eigenvalue weighted by molar-refractivity contribution is 5.55. The third-order valence-corrected chi connectivity index (χ3v) is 1.50. The van der Waals surface area contributed by atoms with Gasteiger partial charge in [0, 0.05) is 5.56 Å². The van der Waals surface area contributed by atoms with Crippen LogP contribution in [0.3, 0.4) is 0 Å². The molecular weight excluding hydrogens is 188 g/mol. The Bertz CT molecular complexity index is 395. The molecule has 0 aliphatic carbocycles. The lowest BCUT2D eigenvalue weighted by Crippen LogP contribution is -1.96. The molecule has 0 saturated carbocycles. The highest BCUT2D eigenvalue weighted by Gasteiger charge is 2.05. The van der Waals surface area contributed by atoms with Gasteiger partial charge in [-0.3, -0.25) is 0 Å². The van der Waals surface area contributed by atoms with E-state index in [1.807, 2.05) is 0 Å². The normalized spacial score (nSPS) is 9.00. The van der Waals surface area contributed by atoms with Crippen LogP contribution in [0.25, 0.3) is 0 Å². The van der Waals surface area contributed by atoms with Crippen LogP contribution in [0.4, 0.5) is 14.5 Å². The summed E-state index contributed by atoms with van der Waals surface area (Å²) in [5, 5.41) is 0. The first kappa shape index (κ1) is 10.2. The van der Waals surface area contributed by atoms with Crippen LogP contribution in [0.1, 0.15) is 12.0 Å².